The number of aromatic amines is 1. The number of nitrogens with one attached hydrogen (secondary N) is 2. The largest absolute Gasteiger partial charge is 0.391 e. The van der Waals surface area contributed by atoms with Crippen LogP contribution in [0.2, 0.25) is 0 Å². The second kappa shape index (κ2) is 6.49. The van der Waals surface area contributed by atoms with E-state index in [0.717, 1.165) is 0 Å². The van der Waals surface area contributed by atoms with Gasteiger partial charge in [0.15, 0.2) is 5.69 Å². The molecule has 1 unspecified atom stereocenters. The zero-order chi connectivity index (χ0) is 15.4. The van der Waals surface area contributed by atoms with Gasteiger partial charge in [-0.1, -0.05) is 26.0 Å². The molecular formula is C15H19N3O3. The predicted octanol–water partition coefficient (Wildman–Crippen LogP) is 1.06. The molecule has 6 nitrogen and oxygen atoms in total. The molecule has 2 aromatic rings. The minimum absolute atomic E-state index is 0.102. The van der Waals surface area contributed by atoms with Gasteiger partial charge in [0, 0.05) is 11.9 Å². The number of amides is 1. The standard InChI is InChI=1S/C15H19N3O3/c1-9(2)7-10(19)8-16-15(21)13-14(20)11-5-3-4-6-12(11)17-18-13/h3-6,9-10,19H,7-8H2,1-2H3,(H,16,21)(H,17,20). The van der Waals surface area contributed by atoms with E-state index >= 15 is 0 Å². The van der Waals surface area contributed by atoms with E-state index in [2.05, 4.69) is 15.5 Å². The third-order valence-corrected chi connectivity index (χ3v) is 3.13. The van der Waals surface area contributed by atoms with E-state index in [4.69, 9.17) is 0 Å². The monoisotopic (exact) mass is 289 g/mol. The molecule has 0 spiro atoms. The number of hydrogen-bond donors (Lipinski definition) is 3. The van der Waals surface area contributed by atoms with Crippen molar-refractivity contribution in [1.29, 1.82) is 0 Å². The van der Waals surface area contributed by atoms with Crippen molar-refractivity contribution in [3.05, 3.63) is 40.2 Å². The maximum Gasteiger partial charge on any atom is 0.275 e. The van der Waals surface area contributed by atoms with Crippen molar-refractivity contribution >= 4 is 16.8 Å². The Balaban J connectivity index is 2.13. The zero-order valence-corrected chi connectivity index (χ0v) is 12.1. The highest BCUT2D eigenvalue weighted by Gasteiger charge is 2.16. The quantitative estimate of drug-likeness (QED) is 0.767. The van der Waals surface area contributed by atoms with Crippen molar-refractivity contribution in [1.82, 2.24) is 15.5 Å². The molecule has 1 heterocycles. The number of aliphatic hydroxyl groups is 1. The average Bonchev–Trinajstić information content (AvgIpc) is 2.45. The molecule has 6 heteroatoms. The molecule has 2 rings (SSSR count). The summed E-state index contributed by atoms with van der Waals surface area (Å²) >= 11 is 0. The van der Waals surface area contributed by atoms with Crippen molar-refractivity contribution in [2.45, 2.75) is 26.4 Å². The van der Waals surface area contributed by atoms with Crippen LogP contribution in [-0.2, 0) is 0 Å². The Morgan fingerprint density at radius 1 is 1.38 bits per heavy atom. The van der Waals surface area contributed by atoms with E-state index in [1.54, 1.807) is 24.3 Å². The molecule has 0 saturated carbocycles. The van der Waals surface area contributed by atoms with Gasteiger partial charge in [-0.2, -0.15) is 5.10 Å². The maximum absolute atomic E-state index is 12.2. The molecule has 1 atom stereocenters. The van der Waals surface area contributed by atoms with Crippen molar-refractivity contribution in [3.63, 3.8) is 0 Å². The summed E-state index contributed by atoms with van der Waals surface area (Å²) in [5.41, 5.74) is -0.0236. The van der Waals surface area contributed by atoms with Crippen molar-refractivity contribution in [2.24, 2.45) is 5.92 Å². The molecule has 0 fully saturated rings. The van der Waals surface area contributed by atoms with Crippen LogP contribution >= 0.6 is 0 Å². The Morgan fingerprint density at radius 2 is 2.10 bits per heavy atom. The molecule has 112 valence electrons. The normalized spacial score (nSPS) is 12.6. The molecule has 0 aliphatic heterocycles. The second-order valence-corrected chi connectivity index (χ2v) is 5.44. The molecule has 1 aromatic heterocycles. The number of rotatable bonds is 5. The predicted molar refractivity (Wildman–Crippen MR) is 80.2 cm³/mol. The summed E-state index contributed by atoms with van der Waals surface area (Å²) in [5.74, 6) is -0.246. The highest BCUT2D eigenvalue weighted by atomic mass is 16.3. The van der Waals surface area contributed by atoms with Gasteiger partial charge in [-0.25, -0.2) is 0 Å². The molecule has 0 saturated heterocycles. The number of aliphatic hydroxyl groups excluding tert-OH is 1. The van der Waals surface area contributed by atoms with Gasteiger partial charge in [-0.3, -0.25) is 14.7 Å². The number of para-hydroxylation sites is 1. The molecule has 21 heavy (non-hydrogen) atoms. The number of nitrogens with zero attached hydrogens (tertiary/aromatic N) is 1. The third kappa shape index (κ3) is 3.66. The van der Waals surface area contributed by atoms with Crippen LogP contribution in [0.15, 0.2) is 29.1 Å². The molecule has 3 N–H and O–H groups in total. The van der Waals surface area contributed by atoms with Crippen LogP contribution in [0.5, 0.6) is 0 Å². The first kappa shape index (κ1) is 15.2. The number of carbonyl (C=O) groups excluding carboxylic acids is 1. The van der Waals surface area contributed by atoms with Crippen LogP contribution < -0.4 is 10.7 Å². The number of fused-ring (bicyclic) bond motifs is 1. The fourth-order valence-corrected chi connectivity index (χ4v) is 2.15. The summed E-state index contributed by atoms with van der Waals surface area (Å²) in [6, 6.07) is 6.87. The lowest BCUT2D eigenvalue weighted by Gasteiger charge is -2.13. The van der Waals surface area contributed by atoms with Gasteiger partial charge in [-0.05, 0) is 24.5 Å². The summed E-state index contributed by atoms with van der Waals surface area (Å²) in [4.78, 5) is 24.2. The average molecular weight is 289 g/mol. The topological polar surface area (TPSA) is 95.1 Å². The van der Waals surface area contributed by atoms with Crippen LogP contribution in [0.4, 0.5) is 0 Å². The molecule has 0 radical (unpaired) electrons. The first-order valence-electron chi connectivity index (χ1n) is 6.92. The Bertz CT molecular complexity index is 694. The van der Waals surface area contributed by atoms with E-state index in [0.29, 0.717) is 23.2 Å². The smallest absolute Gasteiger partial charge is 0.275 e. The van der Waals surface area contributed by atoms with Crippen molar-refractivity contribution in [3.8, 4) is 0 Å². The van der Waals surface area contributed by atoms with Gasteiger partial charge in [0.25, 0.3) is 5.91 Å². The second-order valence-electron chi connectivity index (χ2n) is 5.44. The summed E-state index contributed by atoms with van der Waals surface area (Å²) in [7, 11) is 0. The van der Waals surface area contributed by atoms with Crippen LogP contribution in [0.3, 0.4) is 0 Å². The fraction of sp³-hybridized carbons (Fsp3) is 0.400. The summed E-state index contributed by atoms with van der Waals surface area (Å²) in [6.45, 7) is 4.08. The number of H-pyrrole nitrogens is 1. The number of hydrogen-bond acceptors (Lipinski definition) is 4. The van der Waals surface area contributed by atoms with E-state index in [9.17, 15) is 14.7 Å². The summed E-state index contributed by atoms with van der Waals surface area (Å²) < 4.78 is 0. The lowest BCUT2D eigenvalue weighted by atomic mass is 10.1. The lowest BCUT2D eigenvalue weighted by molar-refractivity contribution is 0.0893. The Hall–Kier alpha value is -2.21. The van der Waals surface area contributed by atoms with Gasteiger partial charge in [0.2, 0.25) is 5.43 Å². The van der Waals surface area contributed by atoms with Crippen LogP contribution in [0, 0.1) is 5.92 Å². The molecule has 0 aliphatic carbocycles. The minimum Gasteiger partial charge on any atom is -0.391 e. The Morgan fingerprint density at radius 3 is 2.81 bits per heavy atom. The highest BCUT2D eigenvalue weighted by Crippen LogP contribution is 2.06. The molecular weight excluding hydrogens is 270 g/mol. The zero-order valence-electron chi connectivity index (χ0n) is 12.1. The van der Waals surface area contributed by atoms with Gasteiger partial charge in [0.05, 0.1) is 11.6 Å². The minimum atomic E-state index is -0.631. The van der Waals surface area contributed by atoms with Gasteiger partial charge < -0.3 is 10.4 Å². The van der Waals surface area contributed by atoms with Gasteiger partial charge >= 0.3 is 0 Å². The Labute approximate surface area is 122 Å². The molecule has 1 amide bonds. The highest BCUT2D eigenvalue weighted by molar-refractivity contribution is 5.95. The first-order valence-corrected chi connectivity index (χ1v) is 6.92. The summed E-state index contributed by atoms with van der Waals surface area (Å²) in [5, 5.41) is 19.2. The molecule has 0 bridgehead atoms. The fourth-order valence-electron chi connectivity index (χ4n) is 2.15. The van der Waals surface area contributed by atoms with Crippen LogP contribution in [0.1, 0.15) is 30.8 Å². The van der Waals surface area contributed by atoms with Gasteiger partial charge in [0.1, 0.15) is 0 Å². The summed E-state index contributed by atoms with van der Waals surface area (Å²) in [6.07, 6.45) is -0.0459. The number of carbonyl (C=O) groups is 1. The third-order valence-electron chi connectivity index (χ3n) is 3.13. The maximum atomic E-state index is 12.2. The van der Waals surface area contributed by atoms with Gasteiger partial charge in [-0.15, -0.1) is 0 Å². The first-order chi connectivity index (χ1) is 9.99. The number of aromatic nitrogens is 2. The van der Waals surface area contributed by atoms with E-state index in [-0.39, 0.29) is 12.2 Å². The lowest BCUT2D eigenvalue weighted by Crippen LogP contribution is -2.36. The van der Waals surface area contributed by atoms with E-state index in [1.807, 2.05) is 13.8 Å². The Kier molecular flexibility index (Phi) is 4.70. The van der Waals surface area contributed by atoms with E-state index < -0.39 is 17.4 Å². The van der Waals surface area contributed by atoms with Crippen LogP contribution in [-0.4, -0.2) is 33.9 Å². The molecule has 0 aliphatic rings. The van der Waals surface area contributed by atoms with E-state index in [1.165, 1.54) is 0 Å². The van der Waals surface area contributed by atoms with Crippen LogP contribution in [0.25, 0.3) is 10.9 Å². The van der Waals surface area contributed by atoms with Crippen molar-refractivity contribution in [2.75, 3.05) is 6.54 Å². The number of benzene rings is 1. The molecule has 1 aromatic carbocycles. The SMILES string of the molecule is CC(C)CC(O)CNC(=O)c1n[nH]c2ccccc2c1=O. The van der Waals surface area contributed by atoms with Crippen molar-refractivity contribution < 1.29 is 9.90 Å².